The van der Waals surface area contributed by atoms with E-state index >= 15 is 0 Å². The van der Waals surface area contributed by atoms with E-state index in [9.17, 15) is 0 Å². The first-order valence-corrected chi connectivity index (χ1v) is 7.44. The van der Waals surface area contributed by atoms with E-state index in [-0.39, 0.29) is 0 Å². The van der Waals surface area contributed by atoms with Crippen molar-refractivity contribution in [3.05, 3.63) is 48.5 Å². The zero-order valence-electron chi connectivity index (χ0n) is 11.4. The second kappa shape index (κ2) is 4.18. The summed E-state index contributed by atoms with van der Waals surface area (Å²) in [5.74, 6) is 0. The molecule has 0 aliphatic carbocycles. The van der Waals surface area contributed by atoms with Gasteiger partial charge in [-0.15, -0.1) is 11.3 Å². The lowest BCUT2D eigenvalue weighted by atomic mass is 10.1. The number of hydrogen-bond donors (Lipinski definition) is 0. The van der Waals surface area contributed by atoms with Crippen molar-refractivity contribution < 1.29 is 0 Å². The van der Waals surface area contributed by atoms with E-state index in [0.29, 0.717) is 0 Å². The van der Waals surface area contributed by atoms with Crippen LogP contribution in [0.2, 0.25) is 0 Å². The van der Waals surface area contributed by atoms with Gasteiger partial charge in [0.1, 0.15) is 0 Å². The molecule has 3 heteroatoms. The van der Waals surface area contributed by atoms with Crippen molar-refractivity contribution in [2.45, 2.75) is 0 Å². The molecule has 2 aromatic carbocycles. The molecule has 0 aliphatic heterocycles. The van der Waals surface area contributed by atoms with Crippen LogP contribution in [0.5, 0.6) is 0 Å². The predicted molar refractivity (Wildman–Crippen MR) is 89.0 cm³/mol. The summed E-state index contributed by atoms with van der Waals surface area (Å²) in [6.07, 6.45) is 0. The van der Waals surface area contributed by atoms with E-state index in [1.165, 1.54) is 25.9 Å². The number of pyridine rings is 1. The van der Waals surface area contributed by atoms with Crippen LogP contribution < -0.4 is 4.90 Å². The molecule has 2 nitrogen and oxygen atoms in total. The summed E-state index contributed by atoms with van der Waals surface area (Å²) in [5.41, 5.74) is 3.45. The van der Waals surface area contributed by atoms with Gasteiger partial charge >= 0.3 is 0 Å². The Hall–Kier alpha value is -2.13. The van der Waals surface area contributed by atoms with Crippen LogP contribution in [-0.4, -0.2) is 19.1 Å². The van der Waals surface area contributed by atoms with E-state index in [4.69, 9.17) is 4.98 Å². The Morgan fingerprint density at radius 2 is 1.60 bits per heavy atom. The summed E-state index contributed by atoms with van der Waals surface area (Å²) < 4.78 is 2.57. The molecule has 0 saturated carbocycles. The summed E-state index contributed by atoms with van der Waals surface area (Å²) >= 11 is 1.83. The molecule has 0 bridgehead atoms. The average Bonchev–Trinajstić information content (AvgIpc) is 2.82. The van der Waals surface area contributed by atoms with Crippen LogP contribution in [0, 0.1) is 0 Å². The lowest BCUT2D eigenvalue weighted by molar-refractivity contribution is 1.15. The van der Waals surface area contributed by atoms with Crippen molar-refractivity contribution in [2.75, 3.05) is 19.0 Å². The van der Waals surface area contributed by atoms with Gasteiger partial charge in [0.25, 0.3) is 0 Å². The molecule has 0 spiro atoms. The summed E-state index contributed by atoms with van der Waals surface area (Å²) in [6, 6.07) is 16.9. The van der Waals surface area contributed by atoms with Crippen LogP contribution >= 0.6 is 11.3 Å². The molecule has 2 heterocycles. The molecule has 0 fully saturated rings. The van der Waals surface area contributed by atoms with Crippen molar-refractivity contribution >= 4 is 48.2 Å². The molecular weight excluding hydrogens is 264 g/mol. The topological polar surface area (TPSA) is 16.1 Å². The van der Waals surface area contributed by atoms with Crippen LogP contribution in [0.4, 0.5) is 5.69 Å². The minimum atomic E-state index is 1.06. The van der Waals surface area contributed by atoms with Crippen LogP contribution in [-0.2, 0) is 0 Å². The van der Waals surface area contributed by atoms with Crippen molar-refractivity contribution in [2.24, 2.45) is 0 Å². The normalized spacial score (nSPS) is 11.5. The van der Waals surface area contributed by atoms with Crippen LogP contribution in [0.15, 0.2) is 48.5 Å². The summed E-state index contributed by atoms with van der Waals surface area (Å²) in [5, 5.41) is 2.47. The maximum atomic E-state index is 4.89. The van der Waals surface area contributed by atoms with Gasteiger partial charge in [0.2, 0.25) is 0 Å². The zero-order chi connectivity index (χ0) is 13.7. The number of rotatable bonds is 1. The number of benzene rings is 2. The summed E-state index contributed by atoms with van der Waals surface area (Å²) in [6.45, 7) is 0. The zero-order valence-corrected chi connectivity index (χ0v) is 12.2. The minimum Gasteiger partial charge on any atom is -0.376 e. The highest BCUT2D eigenvalue weighted by Gasteiger charge is 2.15. The van der Waals surface area contributed by atoms with E-state index < -0.39 is 0 Å². The molecule has 4 rings (SSSR count). The molecule has 0 N–H and O–H groups in total. The van der Waals surface area contributed by atoms with Crippen molar-refractivity contribution in [1.82, 2.24) is 4.98 Å². The smallest absolute Gasteiger partial charge is 0.0917 e. The minimum absolute atomic E-state index is 1.06. The Morgan fingerprint density at radius 3 is 2.40 bits per heavy atom. The third-order valence-corrected chi connectivity index (χ3v) is 4.79. The summed E-state index contributed by atoms with van der Waals surface area (Å²) in [7, 11) is 4.21. The number of fused-ring (bicyclic) bond motifs is 4. The predicted octanol–water partition coefficient (Wildman–Crippen LogP) is 4.67. The van der Waals surface area contributed by atoms with Crippen LogP contribution in [0.3, 0.4) is 0 Å². The Kier molecular flexibility index (Phi) is 2.44. The highest BCUT2D eigenvalue weighted by molar-refractivity contribution is 7.26. The van der Waals surface area contributed by atoms with Gasteiger partial charge in [0.05, 0.1) is 21.4 Å². The van der Waals surface area contributed by atoms with E-state index in [1.807, 2.05) is 11.3 Å². The maximum absolute atomic E-state index is 4.89. The first-order chi connectivity index (χ1) is 9.75. The monoisotopic (exact) mass is 278 g/mol. The molecule has 0 aliphatic rings. The van der Waals surface area contributed by atoms with Crippen LogP contribution in [0.25, 0.3) is 31.2 Å². The van der Waals surface area contributed by atoms with Gasteiger partial charge in [-0.2, -0.15) is 0 Å². The first kappa shape index (κ1) is 11.7. The van der Waals surface area contributed by atoms with Crippen molar-refractivity contribution in [1.29, 1.82) is 0 Å². The average molecular weight is 278 g/mol. The fraction of sp³-hybridized carbons (Fsp3) is 0.118. The largest absolute Gasteiger partial charge is 0.376 e. The van der Waals surface area contributed by atoms with Crippen molar-refractivity contribution in [3.63, 3.8) is 0 Å². The molecule has 0 saturated heterocycles. The van der Waals surface area contributed by atoms with Gasteiger partial charge in [-0.25, -0.2) is 4.98 Å². The lowest BCUT2D eigenvalue weighted by Crippen LogP contribution is -2.09. The molecule has 98 valence electrons. The molecule has 2 aromatic heterocycles. The van der Waals surface area contributed by atoms with Gasteiger partial charge in [-0.1, -0.05) is 36.4 Å². The van der Waals surface area contributed by atoms with Gasteiger partial charge < -0.3 is 4.90 Å². The second-order valence-electron chi connectivity index (χ2n) is 5.15. The van der Waals surface area contributed by atoms with Gasteiger partial charge in [-0.3, -0.25) is 0 Å². The quantitative estimate of drug-likeness (QED) is 0.503. The van der Waals surface area contributed by atoms with E-state index in [2.05, 4.69) is 67.5 Å². The highest BCUT2D eigenvalue weighted by atomic mass is 32.1. The molecule has 0 amide bonds. The van der Waals surface area contributed by atoms with E-state index in [0.717, 1.165) is 11.0 Å². The Balaban J connectivity index is 2.31. The van der Waals surface area contributed by atoms with Crippen molar-refractivity contribution in [3.8, 4) is 0 Å². The summed E-state index contributed by atoms with van der Waals surface area (Å²) in [4.78, 5) is 7.09. The molecule has 0 radical (unpaired) electrons. The highest BCUT2D eigenvalue weighted by Crippen LogP contribution is 2.41. The Labute approximate surface area is 121 Å². The Bertz CT molecular complexity index is 938. The molecular formula is C17H14N2S. The van der Waals surface area contributed by atoms with Crippen LogP contribution in [0.1, 0.15) is 0 Å². The number of aromatic nitrogens is 1. The molecule has 4 aromatic rings. The third-order valence-electron chi connectivity index (χ3n) is 3.62. The number of nitrogens with zero attached hydrogens (tertiary/aromatic N) is 2. The lowest BCUT2D eigenvalue weighted by Gasteiger charge is -2.16. The second-order valence-corrected chi connectivity index (χ2v) is 6.20. The molecule has 20 heavy (non-hydrogen) atoms. The number of hydrogen-bond acceptors (Lipinski definition) is 3. The standard InChI is InChI=1S/C17H14N2S/c1-19(2)16-11-7-3-5-9-13(11)18-15-12-8-4-6-10-14(12)20-17(15)16/h3-10H,1-2H3. The molecule has 0 unspecified atom stereocenters. The van der Waals surface area contributed by atoms with Gasteiger partial charge in [-0.05, 0) is 12.1 Å². The fourth-order valence-electron chi connectivity index (χ4n) is 2.76. The Morgan fingerprint density at radius 1 is 0.900 bits per heavy atom. The third kappa shape index (κ3) is 1.53. The first-order valence-electron chi connectivity index (χ1n) is 6.63. The number of thiophene rings is 1. The SMILES string of the molecule is CN(C)c1c2ccccc2nc2c1sc1ccccc12. The number of anilines is 1. The van der Waals surface area contributed by atoms with Gasteiger partial charge in [0.15, 0.2) is 0 Å². The van der Waals surface area contributed by atoms with Gasteiger partial charge in [0, 0.05) is 29.6 Å². The number of para-hydroxylation sites is 1. The maximum Gasteiger partial charge on any atom is 0.0917 e. The fourth-order valence-corrected chi connectivity index (χ4v) is 4.04. The van der Waals surface area contributed by atoms with E-state index in [1.54, 1.807) is 0 Å². The molecule has 0 atom stereocenters.